The number of likely N-dealkylation sites (tertiary alicyclic amines) is 1. The number of hydrogen-bond acceptors (Lipinski definition) is 4. The molecule has 2 aromatic rings. The smallest absolute Gasteiger partial charge is 0.416 e. The van der Waals surface area contributed by atoms with Gasteiger partial charge in [-0.05, 0) is 24.6 Å². The topological polar surface area (TPSA) is 67.9 Å². The summed E-state index contributed by atoms with van der Waals surface area (Å²) in [6.07, 6.45) is -3.77. The molecule has 1 atom stereocenters. The van der Waals surface area contributed by atoms with Crippen LogP contribution in [0, 0.1) is 0 Å². The number of carbonyl (C=O) groups excluding carboxylic acids is 2. The van der Waals surface area contributed by atoms with E-state index in [1.165, 1.54) is 36.3 Å². The van der Waals surface area contributed by atoms with Gasteiger partial charge in [0.2, 0.25) is 11.8 Å². The molecule has 1 N–H and O–H groups in total. The number of methoxy groups -OCH3 is 1. The van der Waals surface area contributed by atoms with Crippen molar-refractivity contribution < 1.29 is 32.2 Å². The third kappa shape index (κ3) is 4.79. The summed E-state index contributed by atoms with van der Waals surface area (Å²) in [7, 11) is 2.98. The van der Waals surface area contributed by atoms with Crippen molar-refractivity contribution in [2.24, 2.45) is 0 Å². The number of hydrogen-bond donors (Lipinski definition) is 1. The van der Waals surface area contributed by atoms with Crippen LogP contribution in [0.15, 0.2) is 42.5 Å². The first-order valence-corrected chi connectivity index (χ1v) is 8.78. The van der Waals surface area contributed by atoms with Crippen molar-refractivity contribution in [2.75, 3.05) is 19.5 Å². The lowest BCUT2D eigenvalue weighted by molar-refractivity contribution is -0.137. The summed E-state index contributed by atoms with van der Waals surface area (Å²) in [5.74, 6) is 0.0583. The number of carbonyl (C=O) groups is 2. The van der Waals surface area contributed by atoms with Gasteiger partial charge in [0.05, 0.1) is 12.7 Å². The molecule has 0 aromatic heterocycles. The third-order valence-electron chi connectivity index (χ3n) is 4.58. The Morgan fingerprint density at radius 2 is 1.86 bits per heavy atom. The van der Waals surface area contributed by atoms with Gasteiger partial charge in [-0.25, -0.2) is 0 Å². The second kappa shape index (κ2) is 8.02. The van der Waals surface area contributed by atoms with Crippen LogP contribution in [0.2, 0.25) is 0 Å². The molecule has 1 heterocycles. The average molecular weight is 408 g/mol. The first kappa shape index (κ1) is 20.5. The minimum absolute atomic E-state index is 0.00789. The highest BCUT2D eigenvalue weighted by atomic mass is 19.4. The second-order valence-corrected chi connectivity index (χ2v) is 6.57. The molecular formula is C20H19F3N2O4. The summed E-state index contributed by atoms with van der Waals surface area (Å²) in [5.41, 5.74) is -0.496. The van der Waals surface area contributed by atoms with Crippen LogP contribution in [0.5, 0.6) is 17.2 Å². The summed E-state index contributed by atoms with van der Waals surface area (Å²) < 4.78 is 49.4. The Morgan fingerprint density at radius 3 is 2.48 bits per heavy atom. The Morgan fingerprint density at radius 1 is 1.14 bits per heavy atom. The van der Waals surface area contributed by atoms with E-state index < -0.39 is 17.8 Å². The molecule has 1 saturated heterocycles. The zero-order chi connectivity index (χ0) is 21.2. The van der Waals surface area contributed by atoms with Crippen LogP contribution in [0.4, 0.5) is 18.9 Å². The number of likely N-dealkylation sites (N-methyl/N-ethyl adjacent to an activating group) is 1. The molecule has 0 bridgehead atoms. The fourth-order valence-electron chi connectivity index (χ4n) is 3.03. The minimum Gasteiger partial charge on any atom is -0.497 e. The summed E-state index contributed by atoms with van der Waals surface area (Å²) >= 11 is 0. The SMILES string of the molecule is COc1cc(NC(=O)C2CCC(=O)N2C)cc(Oc2cccc(C(F)(F)F)c2)c1. The number of halogens is 3. The van der Waals surface area contributed by atoms with E-state index in [4.69, 9.17) is 9.47 Å². The Bertz CT molecular complexity index is 930. The first-order valence-electron chi connectivity index (χ1n) is 8.78. The van der Waals surface area contributed by atoms with Crippen molar-refractivity contribution in [3.63, 3.8) is 0 Å². The summed E-state index contributed by atoms with van der Waals surface area (Å²) in [6.45, 7) is 0. The van der Waals surface area contributed by atoms with Crippen molar-refractivity contribution in [3.05, 3.63) is 48.0 Å². The Hall–Kier alpha value is -3.23. The standard InChI is InChI=1S/C20H19F3N2O4/c1-25-17(6-7-18(25)26)19(27)24-13-9-15(28-2)11-16(10-13)29-14-5-3-4-12(8-14)20(21,22)23/h3-5,8-11,17H,6-7H2,1-2H3,(H,24,27). The van der Waals surface area contributed by atoms with E-state index >= 15 is 0 Å². The third-order valence-corrected chi connectivity index (χ3v) is 4.58. The van der Waals surface area contributed by atoms with Crippen LogP contribution in [0.1, 0.15) is 18.4 Å². The van der Waals surface area contributed by atoms with Crippen molar-refractivity contribution in [2.45, 2.75) is 25.1 Å². The fraction of sp³-hybridized carbons (Fsp3) is 0.300. The van der Waals surface area contributed by atoms with Crippen LogP contribution < -0.4 is 14.8 Å². The summed E-state index contributed by atoms with van der Waals surface area (Å²) in [6, 6.07) is 8.40. The first-order chi connectivity index (χ1) is 13.7. The number of anilines is 1. The maximum Gasteiger partial charge on any atom is 0.416 e. The molecule has 1 unspecified atom stereocenters. The predicted molar refractivity (Wildman–Crippen MR) is 98.9 cm³/mol. The largest absolute Gasteiger partial charge is 0.497 e. The second-order valence-electron chi connectivity index (χ2n) is 6.57. The molecule has 29 heavy (non-hydrogen) atoms. The van der Waals surface area contributed by atoms with Gasteiger partial charge in [-0.2, -0.15) is 13.2 Å². The molecule has 0 aliphatic carbocycles. The molecule has 3 rings (SSSR count). The van der Waals surface area contributed by atoms with Gasteiger partial charge in [-0.1, -0.05) is 6.07 Å². The molecule has 2 aromatic carbocycles. The number of nitrogens with zero attached hydrogens (tertiary/aromatic N) is 1. The van der Waals surface area contributed by atoms with Crippen molar-refractivity contribution in [1.82, 2.24) is 4.90 Å². The highest BCUT2D eigenvalue weighted by molar-refractivity contribution is 5.99. The highest BCUT2D eigenvalue weighted by Gasteiger charge is 2.33. The van der Waals surface area contributed by atoms with E-state index in [1.54, 1.807) is 13.1 Å². The van der Waals surface area contributed by atoms with E-state index in [9.17, 15) is 22.8 Å². The van der Waals surface area contributed by atoms with Gasteiger partial charge < -0.3 is 19.7 Å². The molecule has 0 saturated carbocycles. The van der Waals surface area contributed by atoms with Crippen LogP contribution >= 0.6 is 0 Å². The Balaban J connectivity index is 1.81. The van der Waals surface area contributed by atoms with E-state index in [-0.39, 0.29) is 23.3 Å². The van der Waals surface area contributed by atoms with Crippen LogP contribution in [0.25, 0.3) is 0 Å². The minimum atomic E-state index is -4.49. The molecule has 0 radical (unpaired) electrons. The Kier molecular flexibility index (Phi) is 5.67. The van der Waals surface area contributed by atoms with Gasteiger partial charge in [-0.15, -0.1) is 0 Å². The van der Waals surface area contributed by atoms with Gasteiger partial charge >= 0.3 is 6.18 Å². The summed E-state index contributed by atoms with van der Waals surface area (Å²) in [4.78, 5) is 25.5. The van der Waals surface area contributed by atoms with Crippen molar-refractivity contribution in [3.8, 4) is 17.2 Å². The van der Waals surface area contributed by atoms with Crippen LogP contribution in [-0.2, 0) is 15.8 Å². The molecular weight excluding hydrogens is 389 g/mol. The van der Waals surface area contributed by atoms with Crippen LogP contribution in [-0.4, -0.2) is 36.9 Å². The predicted octanol–water partition coefficient (Wildman–Crippen LogP) is 4.07. The quantitative estimate of drug-likeness (QED) is 0.810. The fourth-order valence-corrected chi connectivity index (χ4v) is 3.03. The van der Waals surface area contributed by atoms with Crippen molar-refractivity contribution in [1.29, 1.82) is 0 Å². The number of ether oxygens (including phenoxy) is 2. The number of rotatable bonds is 5. The zero-order valence-corrected chi connectivity index (χ0v) is 15.7. The van der Waals surface area contributed by atoms with Gasteiger partial charge in [0.15, 0.2) is 0 Å². The highest BCUT2D eigenvalue weighted by Crippen LogP contribution is 2.34. The van der Waals surface area contributed by atoms with Crippen LogP contribution in [0.3, 0.4) is 0 Å². The van der Waals surface area contributed by atoms with E-state index in [0.29, 0.717) is 24.3 Å². The number of benzene rings is 2. The normalized spacial score (nSPS) is 16.7. The molecule has 154 valence electrons. The molecule has 2 amide bonds. The zero-order valence-electron chi connectivity index (χ0n) is 15.7. The van der Waals surface area contributed by atoms with Gasteiger partial charge in [0.1, 0.15) is 23.3 Å². The number of amides is 2. The van der Waals surface area contributed by atoms with Gasteiger partial charge in [0.25, 0.3) is 0 Å². The lowest BCUT2D eigenvalue weighted by Gasteiger charge is -2.19. The van der Waals surface area contributed by atoms with Gasteiger partial charge in [0, 0.05) is 37.4 Å². The molecule has 9 heteroatoms. The van der Waals surface area contributed by atoms with E-state index in [0.717, 1.165) is 12.1 Å². The maximum absolute atomic E-state index is 12.9. The molecule has 6 nitrogen and oxygen atoms in total. The van der Waals surface area contributed by atoms with E-state index in [2.05, 4.69) is 5.32 Å². The number of alkyl halides is 3. The lowest BCUT2D eigenvalue weighted by Crippen LogP contribution is -2.38. The van der Waals surface area contributed by atoms with Crippen molar-refractivity contribution >= 4 is 17.5 Å². The maximum atomic E-state index is 12.9. The lowest BCUT2D eigenvalue weighted by atomic mass is 10.2. The Labute approximate surface area is 165 Å². The number of nitrogens with one attached hydrogen (secondary N) is 1. The average Bonchev–Trinajstić information content (AvgIpc) is 3.00. The molecule has 1 fully saturated rings. The van der Waals surface area contributed by atoms with Gasteiger partial charge in [-0.3, -0.25) is 9.59 Å². The monoisotopic (exact) mass is 408 g/mol. The summed E-state index contributed by atoms with van der Waals surface area (Å²) in [5, 5.41) is 2.70. The van der Waals surface area contributed by atoms with E-state index in [1.807, 2.05) is 0 Å². The molecule has 1 aliphatic rings. The molecule has 0 spiro atoms. The molecule has 1 aliphatic heterocycles.